The number of pyridine rings is 1. The molecule has 0 aliphatic rings. The SMILES string of the molecule is O=C(O)CC/C(O)=c1\c(=O)cc(-c2cc(C(F)(F)F)ccc2F)n2ncnc12. The van der Waals surface area contributed by atoms with Crippen LogP contribution in [0.3, 0.4) is 0 Å². The smallest absolute Gasteiger partial charge is 0.416 e. The number of aromatic nitrogens is 3. The van der Waals surface area contributed by atoms with Crippen LogP contribution in [0.5, 0.6) is 0 Å². The zero-order valence-electron chi connectivity index (χ0n) is 13.9. The van der Waals surface area contributed by atoms with Gasteiger partial charge in [-0.25, -0.2) is 13.9 Å². The first-order valence-electron chi connectivity index (χ1n) is 7.77. The molecule has 0 saturated heterocycles. The number of aliphatic hydroxyl groups is 1. The van der Waals surface area contributed by atoms with Crippen molar-refractivity contribution in [2.45, 2.75) is 19.0 Å². The van der Waals surface area contributed by atoms with Gasteiger partial charge < -0.3 is 10.2 Å². The number of fused-ring (bicyclic) bond motifs is 1. The third-order valence-electron chi connectivity index (χ3n) is 3.95. The second-order valence-corrected chi connectivity index (χ2v) is 5.80. The zero-order chi connectivity index (χ0) is 20.6. The second kappa shape index (κ2) is 6.91. The van der Waals surface area contributed by atoms with Gasteiger partial charge in [0.05, 0.1) is 17.7 Å². The molecule has 0 spiro atoms. The Morgan fingerprint density at radius 2 is 1.86 bits per heavy atom. The van der Waals surface area contributed by atoms with Gasteiger partial charge in [-0.1, -0.05) is 0 Å². The van der Waals surface area contributed by atoms with Gasteiger partial charge in [0.15, 0.2) is 11.1 Å². The lowest BCUT2D eigenvalue weighted by atomic mass is 10.1. The summed E-state index contributed by atoms with van der Waals surface area (Å²) in [6, 6.07) is 2.54. The number of benzene rings is 1. The molecule has 0 saturated carbocycles. The summed E-state index contributed by atoms with van der Waals surface area (Å²) < 4.78 is 54.0. The monoisotopic (exact) mass is 397 g/mol. The van der Waals surface area contributed by atoms with Gasteiger partial charge in [0.1, 0.15) is 23.1 Å². The van der Waals surface area contributed by atoms with Crippen molar-refractivity contribution in [3.05, 3.63) is 57.4 Å². The predicted molar refractivity (Wildman–Crippen MR) is 87.8 cm³/mol. The van der Waals surface area contributed by atoms with Crippen molar-refractivity contribution in [2.75, 3.05) is 0 Å². The molecule has 7 nitrogen and oxygen atoms in total. The Labute approximate surface area is 153 Å². The normalized spacial score (nSPS) is 13.0. The minimum Gasteiger partial charge on any atom is -0.511 e. The van der Waals surface area contributed by atoms with E-state index >= 15 is 0 Å². The Kier molecular flexibility index (Phi) is 4.75. The standard InChI is InChI=1S/C17H11F4N3O4/c18-10-2-1-8(17(19,20)21)5-9(10)11-6-13(26)15(12(25)3-4-14(27)28)16-22-7-23-24(11)16/h1-2,5-7,25H,3-4H2,(H,27,28)/b15-12-. The molecule has 0 amide bonds. The molecule has 0 radical (unpaired) electrons. The van der Waals surface area contributed by atoms with Crippen molar-refractivity contribution in [1.82, 2.24) is 14.6 Å². The highest BCUT2D eigenvalue weighted by molar-refractivity contribution is 5.69. The summed E-state index contributed by atoms with van der Waals surface area (Å²) in [5.74, 6) is -2.79. The van der Waals surface area contributed by atoms with E-state index in [1.54, 1.807) is 0 Å². The van der Waals surface area contributed by atoms with Gasteiger partial charge in [-0.15, -0.1) is 0 Å². The first-order chi connectivity index (χ1) is 13.1. The molecule has 2 heterocycles. The van der Waals surface area contributed by atoms with Crippen LogP contribution in [-0.4, -0.2) is 30.8 Å². The predicted octanol–water partition coefficient (Wildman–Crippen LogP) is 2.16. The number of carboxylic acids is 1. The Balaban J connectivity index is 2.29. The van der Waals surface area contributed by atoms with E-state index in [1.807, 2.05) is 0 Å². The summed E-state index contributed by atoms with van der Waals surface area (Å²) in [4.78, 5) is 26.9. The maximum atomic E-state index is 14.2. The van der Waals surface area contributed by atoms with Crippen molar-refractivity contribution in [3.8, 4) is 11.3 Å². The molecule has 2 aromatic heterocycles. The van der Waals surface area contributed by atoms with Crippen LogP contribution in [0.2, 0.25) is 0 Å². The number of aliphatic hydroxyl groups excluding tert-OH is 1. The van der Waals surface area contributed by atoms with E-state index in [1.165, 1.54) is 0 Å². The number of hydrogen-bond donors (Lipinski definition) is 2. The van der Waals surface area contributed by atoms with E-state index in [9.17, 15) is 32.3 Å². The van der Waals surface area contributed by atoms with Crippen LogP contribution >= 0.6 is 0 Å². The molecule has 1 aromatic carbocycles. The number of hydrogen-bond acceptors (Lipinski definition) is 5. The summed E-state index contributed by atoms with van der Waals surface area (Å²) in [5, 5.41) is 22.2. The lowest BCUT2D eigenvalue weighted by molar-refractivity contribution is -0.138. The molecular formula is C17H11F4N3O4. The van der Waals surface area contributed by atoms with E-state index in [4.69, 9.17) is 5.11 Å². The summed E-state index contributed by atoms with van der Waals surface area (Å²) >= 11 is 0. The van der Waals surface area contributed by atoms with Crippen LogP contribution < -0.4 is 10.6 Å². The summed E-state index contributed by atoms with van der Waals surface area (Å²) in [6.07, 6.45) is -4.59. The lowest BCUT2D eigenvalue weighted by Crippen LogP contribution is -2.30. The maximum absolute atomic E-state index is 14.2. The highest BCUT2D eigenvalue weighted by Gasteiger charge is 2.31. The third-order valence-corrected chi connectivity index (χ3v) is 3.95. The number of carboxylic acid groups (broad SMARTS) is 1. The van der Waals surface area contributed by atoms with E-state index in [-0.39, 0.29) is 23.0 Å². The van der Waals surface area contributed by atoms with Gasteiger partial charge in [-0.05, 0) is 18.2 Å². The van der Waals surface area contributed by atoms with Crippen molar-refractivity contribution in [1.29, 1.82) is 0 Å². The first kappa shape index (κ1) is 19.3. The Morgan fingerprint density at radius 3 is 2.50 bits per heavy atom. The number of halogens is 4. The molecule has 11 heteroatoms. The van der Waals surface area contributed by atoms with Crippen LogP contribution in [-0.2, 0) is 11.0 Å². The van der Waals surface area contributed by atoms with Crippen LogP contribution in [0.4, 0.5) is 17.6 Å². The Hall–Kier alpha value is -3.50. The molecule has 3 aromatic rings. The fraction of sp³-hybridized carbons (Fsp3) is 0.176. The maximum Gasteiger partial charge on any atom is 0.416 e. The van der Waals surface area contributed by atoms with Crippen LogP contribution in [0.15, 0.2) is 35.4 Å². The first-order valence-corrected chi connectivity index (χ1v) is 7.77. The molecule has 0 aliphatic heterocycles. The molecule has 0 unspecified atom stereocenters. The molecule has 146 valence electrons. The number of nitrogens with zero attached hydrogens (tertiary/aromatic N) is 3. The number of rotatable bonds is 4. The fourth-order valence-electron chi connectivity index (χ4n) is 2.67. The molecule has 0 bridgehead atoms. The molecular weight excluding hydrogens is 386 g/mol. The lowest BCUT2D eigenvalue weighted by Gasteiger charge is -2.11. The third kappa shape index (κ3) is 3.50. The zero-order valence-corrected chi connectivity index (χ0v) is 13.9. The molecule has 3 rings (SSSR count). The quantitative estimate of drug-likeness (QED) is 0.654. The van der Waals surface area contributed by atoms with E-state index in [0.29, 0.717) is 18.2 Å². The summed E-state index contributed by atoms with van der Waals surface area (Å²) in [6.45, 7) is 0. The molecule has 28 heavy (non-hydrogen) atoms. The fourth-order valence-corrected chi connectivity index (χ4v) is 2.67. The van der Waals surface area contributed by atoms with Gasteiger partial charge >= 0.3 is 12.1 Å². The van der Waals surface area contributed by atoms with E-state index in [2.05, 4.69) is 10.1 Å². The minimum atomic E-state index is -4.73. The van der Waals surface area contributed by atoms with Crippen LogP contribution in [0.1, 0.15) is 18.4 Å². The van der Waals surface area contributed by atoms with Crippen LogP contribution in [0, 0.1) is 5.82 Å². The van der Waals surface area contributed by atoms with Crippen molar-refractivity contribution in [3.63, 3.8) is 0 Å². The number of alkyl halides is 3. The van der Waals surface area contributed by atoms with Gasteiger partial charge in [-0.2, -0.15) is 18.3 Å². The van der Waals surface area contributed by atoms with Crippen LogP contribution in [0.25, 0.3) is 22.7 Å². The van der Waals surface area contributed by atoms with E-state index < -0.39 is 46.7 Å². The van der Waals surface area contributed by atoms with Crippen molar-refractivity contribution in [2.24, 2.45) is 0 Å². The number of aliphatic carboxylic acids is 1. The molecule has 0 fully saturated rings. The largest absolute Gasteiger partial charge is 0.511 e. The van der Waals surface area contributed by atoms with E-state index in [0.717, 1.165) is 16.9 Å². The van der Waals surface area contributed by atoms with Crippen molar-refractivity contribution >= 4 is 17.4 Å². The summed E-state index contributed by atoms with van der Waals surface area (Å²) in [7, 11) is 0. The highest BCUT2D eigenvalue weighted by atomic mass is 19.4. The van der Waals surface area contributed by atoms with Gasteiger partial charge in [0.25, 0.3) is 0 Å². The second-order valence-electron chi connectivity index (χ2n) is 5.80. The average molecular weight is 397 g/mol. The summed E-state index contributed by atoms with van der Waals surface area (Å²) in [5.41, 5.74) is -3.04. The topological polar surface area (TPSA) is 105 Å². The average Bonchev–Trinajstić information content (AvgIpc) is 3.07. The molecule has 0 aliphatic carbocycles. The Bertz CT molecular complexity index is 1190. The van der Waals surface area contributed by atoms with Gasteiger partial charge in [-0.3, -0.25) is 9.59 Å². The highest BCUT2D eigenvalue weighted by Crippen LogP contribution is 2.33. The Morgan fingerprint density at radius 1 is 1.14 bits per heavy atom. The van der Waals surface area contributed by atoms with Gasteiger partial charge in [0.2, 0.25) is 0 Å². The number of carbonyl (C=O) groups is 1. The minimum absolute atomic E-state index is 0.234. The van der Waals surface area contributed by atoms with Crippen molar-refractivity contribution < 1.29 is 32.6 Å². The van der Waals surface area contributed by atoms with Gasteiger partial charge in [0, 0.05) is 18.1 Å². The molecule has 2 N–H and O–H groups in total. The molecule has 0 atom stereocenters.